The molecule has 1 heterocycles. The molecule has 0 radical (unpaired) electrons. The summed E-state index contributed by atoms with van der Waals surface area (Å²) < 4.78 is 5.30. The number of ether oxygens (including phenoxy) is 1. The summed E-state index contributed by atoms with van der Waals surface area (Å²) in [5.41, 5.74) is 2.73. The van der Waals surface area contributed by atoms with Crippen molar-refractivity contribution in [3.05, 3.63) is 18.2 Å². The van der Waals surface area contributed by atoms with Crippen LogP contribution in [-0.2, 0) is 0 Å². The van der Waals surface area contributed by atoms with E-state index in [-0.39, 0.29) is 0 Å². The Balaban J connectivity index is 1.94. The molecular weight excluding hydrogens is 212 g/mol. The van der Waals surface area contributed by atoms with E-state index >= 15 is 0 Å². The molecular formula is C14H20N2O. The van der Waals surface area contributed by atoms with Crippen LogP contribution in [0.25, 0.3) is 0 Å². The summed E-state index contributed by atoms with van der Waals surface area (Å²) >= 11 is 0. The second kappa shape index (κ2) is 4.13. The molecule has 1 aliphatic carbocycles. The molecule has 3 heteroatoms. The fraction of sp³-hybridized carbons (Fsp3) is 0.571. The molecule has 0 amide bonds. The van der Waals surface area contributed by atoms with Crippen LogP contribution in [-0.4, -0.2) is 19.2 Å². The van der Waals surface area contributed by atoms with E-state index in [0.29, 0.717) is 5.54 Å². The molecule has 2 aliphatic rings. The molecule has 0 aromatic heterocycles. The third-order valence-corrected chi connectivity index (χ3v) is 4.11. The number of methoxy groups -OCH3 is 1. The Morgan fingerprint density at radius 3 is 2.71 bits per heavy atom. The first-order valence-corrected chi connectivity index (χ1v) is 6.51. The van der Waals surface area contributed by atoms with Gasteiger partial charge in [-0.2, -0.15) is 0 Å². The van der Waals surface area contributed by atoms with Crippen LogP contribution in [0.2, 0.25) is 0 Å². The minimum absolute atomic E-state index is 0.324. The van der Waals surface area contributed by atoms with Crippen LogP contribution in [0.4, 0.5) is 11.4 Å². The molecule has 3 rings (SSSR count). The molecule has 2 N–H and O–H groups in total. The van der Waals surface area contributed by atoms with Gasteiger partial charge < -0.3 is 15.4 Å². The van der Waals surface area contributed by atoms with Gasteiger partial charge in [0, 0.05) is 18.2 Å². The van der Waals surface area contributed by atoms with Gasteiger partial charge in [-0.1, -0.05) is 12.8 Å². The zero-order chi connectivity index (χ0) is 11.7. The summed E-state index contributed by atoms with van der Waals surface area (Å²) in [4.78, 5) is 0. The van der Waals surface area contributed by atoms with E-state index in [1.165, 1.54) is 43.5 Å². The largest absolute Gasteiger partial charge is 0.497 e. The summed E-state index contributed by atoms with van der Waals surface area (Å²) in [6.45, 7) is 1.06. The molecule has 92 valence electrons. The quantitative estimate of drug-likeness (QED) is 0.780. The van der Waals surface area contributed by atoms with E-state index in [1.54, 1.807) is 7.11 Å². The number of fused-ring (bicyclic) bond motifs is 1. The van der Waals surface area contributed by atoms with Gasteiger partial charge in [0.25, 0.3) is 0 Å². The zero-order valence-corrected chi connectivity index (χ0v) is 10.4. The fourth-order valence-electron chi connectivity index (χ4n) is 3.12. The Hall–Kier alpha value is -1.38. The maximum atomic E-state index is 5.30. The van der Waals surface area contributed by atoms with Crippen molar-refractivity contribution in [1.29, 1.82) is 0 Å². The smallest absolute Gasteiger partial charge is 0.121 e. The standard InChI is InChI=1S/C14H20N2O/c1-17-11-4-5-12-13(10-11)16-14(8-9-15-12)6-2-3-7-14/h4-5,10,15-16H,2-3,6-9H2,1H3. The highest BCUT2D eigenvalue weighted by atomic mass is 16.5. The SMILES string of the molecule is COc1ccc2c(c1)NC1(CCCC1)CCN2. The van der Waals surface area contributed by atoms with Gasteiger partial charge in [0.2, 0.25) is 0 Å². The third kappa shape index (κ3) is 1.94. The van der Waals surface area contributed by atoms with Crippen molar-refractivity contribution in [2.75, 3.05) is 24.3 Å². The highest BCUT2D eigenvalue weighted by Crippen LogP contribution is 2.40. The molecule has 1 aromatic carbocycles. The Morgan fingerprint density at radius 1 is 1.12 bits per heavy atom. The molecule has 0 saturated heterocycles. The van der Waals surface area contributed by atoms with Crippen molar-refractivity contribution >= 4 is 11.4 Å². The maximum Gasteiger partial charge on any atom is 0.121 e. The summed E-state index contributed by atoms with van der Waals surface area (Å²) in [5.74, 6) is 0.924. The van der Waals surface area contributed by atoms with Crippen LogP contribution in [0, 0.1) is 0 Å². The number of hydrogen-bond donors (Lipinski definition) is 2. The molecule has 1 saturated carbocycles. The van der Waals surface area contributed by atoms with Crippen LogP contribution in [0.5, 0.6) is 5.75 Å². The molecule has 1 fully saturated rings. The minimum atomic E-state index is 0.324. The Labute approximate surface area is 103 Å². The first-order chi connectivity index (χ1) is 8.31. The number of anilines is 2. The lowest BCUT2D eigenvalue weighted by Crippen LogP contribution is -2.35. The number of hydrogen-bond acceptors (Lipinski definition) is 3. The summed E-state index contributed by atoms with van der Waals surface area (Å²) in [5, 5.41) is 7.28. The Bertz CT molecular complexity index is 411. The first kappa shape index (κ1) is 10.8. The van der Waals surface area contributed by atoms with Crippen LogP contribution in [0.3, 0.4) is 0 Å². The predicted octanol–water partition coefficient (Wildman–Crippen LogP) is 3.24. The van der Waals surface area contributed by atoms with Crippen molar-refractivity contribution in [3.8, 4) is 5.75 Å². The van der Waals surface area contributed by atoms with E-state index in [9.17, 15) is 0 Å². The van der Waals surface area contributed by atoms with Crippen molar-refractivity contribution in [2.24, 2.45) is 0 Å². The van der Waals surface area contributed by atoms with Gasteiger partial charge in [-0.25, -0.2) is 0 Å². The Kier molecular flexibility index (Phi) is 2.61. The highest BCUT2D eigenvalue weighted by Gasteiger charge is 2.35. The highest BCUT2D eigenvalue weighted by molar-refractivity contribution is 5.72. The first-order valence-electron chi connectivity index (χ1n) is 6.51. The van der Waals surface area contributed by atoms with Crippen molar-refractivity contribution < 1.29 is 4.74 Å². The lowest BCUT2D eigenvalue weighted by molar-refractivity contribution is 0.414. The molecule has 1 aromatic rings. The van der Waals surface area contributed by atoms with E-state index < -0.39 is 0 Å². The number of nitrogens with one attached hydrogen (secondary N) is 2. The molecule has 17 heavy (non-hydrogen) atoms. The average Bonchev–Trinajstić information content (AvgIpc) is 2.71. The third-order valence-electron chi connectivity index (χ3n) is 4.11. The van der Waals surface area contributed by atoms with Crippen molar-refractivity contribution in [1.82, 2.24) is 0 Å². The van der Waals surface area contributed by atoms with E-state index in [2.05, 4.69) is 22.8 Å². The summed E-state index contributed by atoms with van der Waals surface area (Å²) in [6.07, 6.45) is 6.51. The van der Waals surface area contributed by atoms with E-state index in [4.69, 9.17) is 4.74 Å². The second-order valence-corrected chi connectivity index (χ2v) is 5.20. The average molecular weight is 232 g/mol. The summed E-state index contributed by atoms with van der Waals surface area (Å²) in [7, 11) is 1.72. The van der Waals surface area contributed by atoms with Gasteiger partial charge in [-0.3, -0.25) is 0 Å². The van der Waals surface area contributed by atoms with Gasteiger partial charge >= 0.3 is 0 Å². The Morgan fingerprint density at radius 2 is 1.94 bits per heavy atom. The monoisotopic (exact) mass is 232 g/mol. The number of rotatable bonds is 1. The maximum absolute atomic E-state index is 5.30. The lowest BCUT2D eigenvalue weighted by Gasteiger charge is -2.29. The topological polar surface area (TPSA) is 33.3 Å². The van der Waals surface area contributed by atoms with Crippen LogP contribution in [0.15, 0.2) is 18.2 Å². The molecule has 1 aliphatic heterocycles. The molecule has 1 spiro atoms. The van der Waals surface area contributed by atoms with Gasteiger partial charge in [-0.15, -0.1) is 0 Å². The fourth-order valence-corrected chi connectivity index (χ4v) is 3.12. The molecule has 3 nitrogen and oxygen atoms in total. The minimum Gasteiger partial charge on any atom is -0.497 e. The van der Waals surface area contributed by atoms with Crippen molar-refractivity contribution in [2.45, 2.75) is 37.6 Å². The predicted molar refractivity (Wildman–Crippen MR) is 70.9 cm³/mol. The van der Waals surface area contributed by atoms with E-state index in [0.717, 1.165) is 12.3 Å². The van der Waals surface area contributed by atoms with Crippen LogP contribution >= 0.6 is 0 Å². The second-order valence-electron chi connectivity index (χ2n) is 5.20. The van der Waals surface area contributed by atoms with E-state index in [1.807, 2.05) is 6.07 Å². The van der Waals surface area contributed by atoms with Crippen molar-refractivity contribution in [3.63, 3.8) is 0 Å². The van der Waals surface area contributed by atoms with Gasteiger partial charge in [0.05, 0.1) is 18.5 Å². The van der Waals surface area contributed by atoms with Gasteiger partial charge in [0.1, 0.15) is 5.75 Å². The van der Waals surface area contributed by atoms with Crippen LogP contribution in [0.1, 0.15) is 32.1 Å². The lowest BCUT2D eigenvalue weighted by atomic mass is 9.93. The van der Waals surface area contributed by atoms with Gasteiger partial charge in [0.15, 0.2) is 0 Å². The number of benzene rings is 1. The van der Waals surface area contributed by atoms with Gasteiger partial charge in [-0.05, 0) is 31.4 Å². The molecule has 0 atom stereocenters. The molecule has 0 bridgehead atoms. The molecule has 0 unspecified atom stereocenters. The summed E-state index contributed by atoms with van der Waals surface area (Å²) in [6, 6.07) is 6.23. The zero-order valence-electron chi connectivity index (χ0n) is 10.4. The normalized spacial score (nSPS) is 21.2. The van der Waals surface area contributed by atoms with Crippen LogP contribution < -0.4 is 15.4 Å².